The van der Waals surface area contributed by atoms with Crippen molar-refractivity contribution in [2.75, 3.05) is 19.3 Å². The molecule has 0 atom stereocenters. The number of unbranched alkanes of at least 4 members (excludes halogenated alkanes) is 3. The lowest BCUT2D eigenvalue weighted by atomic mass is 10.2. The number of thiol groups is 1. The van der Waals surface area contributed by atoms with Gasteiger partial charge in [0.15, 0.2) is 0 Å². The van der Waals surface area contributed by atoms with Gasteiger partial charge in [0.1, 0.15) is 0 Å². The van der Waals surface area contributed by atoms with E-state index in [4.69, 9.17) is 0 Å². The molecule has 3 heteroatoms. The van der Waals surface area contributed by atoms with Crippen molar-refractivity contribution in [2.45, 2.75) is 32.2 Å². The van der Waals surface area contributed by atoms with E-state index in [0.717, 1.165) is 16.8 Å². The first kappa shape index (κ1) is 15.1. The highest BCUT2D eigenvalue weighted by Gasteiger charge is 2.00. The maximum atomic E-state index is 4.22. The summed E-state index contributed by atoms with van der Waals surface area (Å²) in [7, 11) is 2.20. The molecule has 0 amide bonds. The maximum Gasteiger partial charge on any atom is 0.0230 e. The average molecular weight is 316 g/mol. The Morgan fingerprint density at radius 3 is 2.35 bits per heavy atom. The molecule has 0 unspecified atom stereocenters. The molecule has 1 rings (SSSR count). The molecule has 0 spiro atoms. The van der Waals surface area contributed by atoms with Crippen LogP contribution in [0.2, 0.25) is 0 Å². The lowest BCUT2D eigenvalue weighted by Gasteiger charge is -2.16. The SMILES string of the molecule is CN(CCCCCCS)Cc1ccc(Br)cc1. The number of halogens is 1. The molecule has 0 aliphatic carbocycles. The highest BCUT2D eigenvalue weighted by atomic mass is 79.9. The van der Waals surface area contributed by atoms with Crippen LogP contribution in [0.5, 0.6) is 0 Å². The van der Waals surface area contributed by atoms with Crippen LogP contribution in [-0.4, -0.2) is 24.2 Å². The van der Waals surface area contributed by atoms with Crippen LogP contribution in [0, 0.1) is 0 Å². The van der Waals surface area contributed by atoms with Crippen molar-refractivity contribution in [1.29, 1.82) is 0 Å². The van der Waals surface area contributed by atoms with E-state index in [1.807, 2.05) is 0 Å². The average Bonchev–Trinajstić information content (AvgIpc) is 2.32. The van der Waals surface area contributed by atoms with E-state index < -0.39 is 0 Å². The summed E-state index contributed by atoms with van der Waals surface area (Å²) in [5, 5.41) is 0. The summed E-state index contributed by atoms with van der Waals surface area (Å²) in [6.45, 7) is 2.22. The van der Waals surface area contributed by atoms with Crippen LogP contribution in [0.4, 0.5) is 0 Å². The van der Waals surface area contributed by atoms with Gasteiger partial charge in [0.2, 0.25) is 0 Å². The van der Waals surface area contributed by atoms with Gasteiger partial charge >= 0.3 is 0 Å². The van der Waals surface area contributed by atoms with E-state index in [9.17, 15) is 0 Å². The van der Waals surface area contributed by atoms with Gasteiger partial charge in [0, 0.05) is 11.0 Å². The molecule has 0 fully saturated rings. The molecule has 0 aromatic heterocycles. The molecule has 0 heterocycles. The van der Waals surface area contributed by atoms with Gasteiger partial charge in [-0.05, 0) is 49.9 Å². The fourth-order valence-corrected chi connectivity index (χ4v) is 2.32. The van der Waals surface area contributed by atoms with Crippen molar-refractivity contribution in [3.8, 4) is 0 Å². The zero-order chi connectivity index (χ0) is 12.5. The van der Waals surface area contributed by atoms with Crippen molar-refractivity contribution < 1.29 is 0 Å². The summed E-state index contributed by atoms with van der Waals surface area (Å²) in [6, 6.07) is 8.58. The predicted octanol–water partition coefficient (Wildman–Crippen LogP) is 4.37. The minimum Gasteiger partial charge on any atom is -0.302 e. The smallest absolute Gasteiger partial charge is 0.0230 e. The minimum atomic E-state index is 1.02. The van der Waals surface area contributed by atoms with Crippen molar-refractivity contribution in [3.05, 3.63) is 34.3 Å². The molecule has 96 valence electrons. The number of rotatable bonds is 8. The summed E-state index contributed by atoms with van der Waals surface area (Å²) in [6.07, 6.45) is 5.18. The normalized spacial score (nSPS) is 11.1. The Bertz CT molecular complexity index is 300. The summed E-state index contributed by atoms with van der Waals surface area (Å²) in [4.78, 5) is 2.39. The second-order valence-corrected chi connectivity index (χ2v) is 5.86. The standard InChI is InChI=1S/C14H22BrNS/c1-16(10-4-2-3-5-11-17)12-13-6-8-14(15)9-7-13/h6-9,17H,2-5,10-12H2,1H3. The first-order valence-electron chi connectivity index (χ1n) is 6.26. The largest absolute Gasteiger partial charge is 0.302 e. The van der Waals surface area contributed by atoms with E-state index in [-0.39, 0.29) is 0 Å². The van der Waals surface area contributed by atoms with E-state index in [1.165, 1.54) is 37.8 Å². The summed E-state index contributed by atoms with van der Waals surface area (Å²) < 4.78 is 1.15. The highest BCUT2D eigenvalue weighted by molar-refractivity contribution is 9.10. The molecule has 0 aliphatic heterocycles. The minimum absolute atomic E-state index is 1.02. The molecular formula is C14H22BrNS. The number of benzene rings is 1. The Balaban J connectivity index is 2.16. The second-order valence-electron chi connectivity index (χ2n) is 4.50. The molecule has 0 N–H and O–H groups in total. The van der Waals surface area contributed by atoms with Crippen LogP contribution >= 0.6 is 28.6 Å². The zero-order valence-electron chi connectivity index (χ0n) is 10.5. The molecule has 0 bridgehead atoms. The van der Waals surface area contributed by atoms with Gasteiger partial charge in [0.25, 0.3) is 0 Å². The third kappa shape index (κ3) is 7.12. The van der Waals surface area contributed by atoms with Gasteiger partial charge in [-0.15, -0.1) is 0 Å². The Hall–Kier alpha value is 0.01000. The van der Waals surface area contributed by atoms with Crippen molar-refractivity contribution in [1.82, 2.24) is 4.90 Å². The van der Waals surface area contributed by atoms with E-state index >= 15 is 0 Å². The topological polar surface area (TPSA) is 3.24 Å². The number of hydrogen-bond donors (Lipinski definition) is 1. The second kappa shape index (κ2) is 9.01. The maximum absolute atomic E-state index is 4.22. The van der Waals surface area contributed by atoms with Gasteiger partial charge in [-0.3, -0.25) is 0 Å². The van der Waals surface area contributed by atoms with E-state index in [2.05, 4.69) is 64.8 Å². The monoisotopic (exact) mass is 315 g/mol. The van der Waals surface area contributed by atoms with Crippen molar-refractivity contribution in [2.24, 2.45) is 0 Å². The van der Waals surface area contributed by atoms with Gasteiger partial charge in [-0.2, -0.15) is 12.6 Å². The van der Waals surface area contributed by atoms with Crippen molar-refractivity contribution in [3.63, 3.8) is 0 Å². The van der Waals surface area contributed by atoms with Gasteiger partial charge < -0.3 is 4.90 Å². The number of hydrogen-bond acceptors (Lipinski definition) is 2. The molecule has 0 radical (unpaired) electrons. The Morgan fingerprint density at radius 2 is 1.71 bits per heavy atom. The Labute approximate surface area is 119 Å². The molecule has 1 aromatic carbocycles. The quantitative estimate of drug-likeness (QED) is 0.550. The fourth-order valence-electron chi connectivity index (χ4n) is 1.83. The van der Waals surface area contributed by atoms with Crippen LogP contribution in [-0.2, 0) is 6.54 Å². The molecule has 0 aliphatic rings. The molecule has 1 aromatic rings. The van der Waals surface area contributed by atoms with Crippen LogP contribution in [0.1, 0.15) is 31.2 Å². The molecular weight excluding hydrogens is 294 g/mol. The lowest BCUT2D eigenvalue weighted by molar-refractivity contribution is 0.317. The molecule has 0 saturated heterocycles. The van der Waals surface area contributed by atoms with E-state index in [0.29, 0.717) is 0 Å². The summed E-state index contributed by atoms with van der Waals surface area (Å²) >= 11 is 7.68. The fraction of sp³-hybridized carbons (Fsp3) is 0.571. The number of nitrogens with zero attached hydrogens (tertiary/aromatic N) is 1. The van der Waals surface area contributed by atoms with Crippen LogP contribution < -0.4 is 0 Å². The predicted molar refractivity (Wildman–Crippen MR) is 82.8 cm³/mol. The molecule has 17 heavy (non-hydrogen) atoms. The third-order valence-electron chi connectivity index (χ3n) is 2.81. The highest BCUT2D eigenvalue weighted by Crippen LogP contribution is 2.12. The first-order valence-corrected chi connectivity index (χ1v) is 7.69. The zero-order valence-corrected chi connectivity index (χ0v) is 13.0. The summed E-state index contributed by atoms with van der Waals surface area (Å²) in [5.74, 6) is 1.02. The lowest BCUT2D eigenvalue weighted by Crippen LogP contribution is -2.18. The third-order valence-corrected chi connectivity index (χ3v) is 3.66. The van der Waals surface area contributed by atoms with Gasteiger partial charge in [-0.25, -0.2) is 0 Å². The molecule has 1 nitrogen and oxygen atoms in total. The van der Waals surface area contributed by atoms with Gasteiger partial charge in [0.05, 0.1) is 0 Å². The van der Waals surface area contributed by atoms with E-state index in [1.54, 1.807) is 0 Å². The Kier molecular flexibility index (Phi) is 7.99. The first-order chi connectivity index (χ1) is 8.22. The molecule has 0 saturated carbocycles. The van der Waals surface area contributed by atoms with Crippen LogP contribution in [0.3, 0.4) is 0 Å². The summed E-state index contributed by atoms with van der Waals surface area (Å²) in [5.41, 5.74) is 1.38. The van der Waals surface area contributed by atoms with Crippen LogP contribution in [0.15, 0.2) is 28.7 Å². The van der Waals surface area contributed by atoms with Crippen molar-refractivity contribution >= 4 is 28.6 Å². The van der Waals surface area contributed by atoms with Crippen LogP contribution in [0.25, 0.3) is 0 Å². The van der Waals surface area contributed by atoms with Gasteiger partial charge in [-0.1, -0.05) is 40.9 Å². The Morgan fingerprint density at radius 1 is 1.06 bits per heavy atom.